The Hall–Kier alpha value is -3.60. The van der Waals surface area contributed by atoms with Crippen LogP contribution in [0, 0.1) is 17.9 Å². The van der Waals surface area contributed by atoms with Crippen LogP contribution in [0.25, 0.3) is 44.4 Å². The number of aromatic nitrogens is 2. The zero-order valence-electron chi connectivity index (χ0n) is 27.5. The molecule has 5 nitrogen and oxygen atoms in total. The van der Waals surface area contributed by atoms with Crippen molar-refractivity contribution in [3.63, 3.8) is 0 Å². The van der Waals surface area contributed by atoms with Crippen molar-refractivity contribution in [2.24, 2.45) is 11.8 Å². The van der Waals surface area contributed by atoms with Crippen LogP contribution in [-0.2, 0) is 30.3 Å². The standard InChI is InChI=1S/C26H21N2O.C13H24O2.Ir/c1-26(2,3)22-15-20(14-18-6-4-5-7-21(18)22)24-16-19(10-12-27-24)23-9-8-17-11-13-29-25(17)28-23;1-5-10(6-2)12(14)9-13(15)11(7-3)8-4;/h4-13,15-16H,1-3H3;9-11,14H,5-8H2,1-4H3;/q-1;;/b;12-9-;. The molecule has 239 valence electrons. The summed E-state index contributed by atoms with van der Waals surface area (Å²) < 4.78 is 5.46. The molecule has 0 atom stereocenters. The van der Waals surface area contributed by atoms with Crippen molar-refractivity contribution in [3.8, 4) is 22.5 Å². The summed E-state index contributed by atoms with van der Waals surface area (Å²) in [6.07, 6.45) is 8.40. The maximum Gasteiger partial charge on any atom is 0.226 e. The molecule has 0 saturated heterocycles. The summed E-state index contributed by atoms with van der Waals surface area (Å²) in [5.41, 5.74) is 5.72. The van der Waals surface area contributed by atoms with Crippen LogP contribution in [0.5, 0.6) is 0 Å². The van der Waals surface area contributed by atoms with Crippen LogP contribution < -0.4 is 0 Å². The summed E-state index contributed by atoms with van der Waals surface area (Å²) in [4.78, 5) is 21.0. The number of fused-ring (bicyclic) bond motifs is 2. The summed E-state index contributed by atoms with van der Waals surface area (Å²) in [7, 11) is 0. The van der Waals surface area contributed by atoms with Crippen molar-refractivity contribution in [2.75, 3.05) is 0 Å². The quantitative estimate of drug-likeness (QED) is 0.0916. The summed E-state index contributed by atoms with van der Waals surface area (Å²) in [6, 6.07) is 24.2. The second-order valence-electron chi connectivity index (χ2n) is 12.3. The number of allylic oxidation sites excluding steroid dienone is 2. The Morgan fingerprint density at radius 1 is 0.911 bits per heavy atom. The fourth-order valence-corrected chi connectivity index (χ4v) is 5.51. The first-order valence-electron chi connectivity index (χ1n) is 15.8. The fourth-order valence-electron chi connectivity index (χ4n) is 5.51. The molecule has 0 aliphatic rings. The minimum atomic E-state index is 0. The zero-order chi connectivity index (χ0) is 31.9. The number of hydrogen-bond acceptors (Lipinski definition) is 5. The molecule has 0 aliphatic carbocycles. The predicted molar refractivity (Wildman–Crippen MR) is 182 cm³/mol. The van der Waals surface area contributed by atoms with E-state index in [4.69, 9.17) is 4.42 Å². The van der Waals surface area contributed by atoms with Gasteiger partial charge >= 0.3 is 0 Å². The molecule has 5 aromatic rings. The molecule has 0 amide bonds. The van der Waals surface area contributed by atoms with Crippen molar-refractivity contribution in [2.45, 2.75) is 79.6 Å². The van der Waals surface area contributed by atoms with E-state index >= 15 is 0 Å². The van der Waals surface area contributed by atoms with E-state index in [0.717, 1.165) is 59.0 Å². The zero-order valence-corrected chi connectivity index (χ0v) is 29.9. The predicted octanol–water partition coefficient (Wildman–Crippen LogP) is 10.7. The third kappa shape index (κ3) is 8.77. The Balaban J connectivity index is 0.000000297. The molecule has 1 N–H and O–H groups in total. The Kier molecular flexibility index (Phi) is 12.8. The summed E-state index contributed by atoms with van der Waals surface area (Å²) >= 11 is 0. The number of aliphatic hydroxyl groups excluding tert-OH is 1. The Bertz CT molecular complexity index is 1740. The average molecular weight is 782 g/mol. The number of nitrogens with zero attached hydrogens (tertiary/aromatic N) is 2. The van der Waals surface area contributed by atoms with Gasteiger partial charge in [-0.15, -0.1) is 29.1 Å². The molecule has 0 bridgehead atoms. The number of benzene rings is 2. The molecule has 0 unspecified atom stereocenters. The topological polar surface area (TPSA) is 76.2 Å². The summed E-state index contributed by atoms with van der Waals surface area (Å²) in [6.45, 7) is 14.8. The molecule has 0 saturated carbocycles. The first-order chi connectivity index (χ1) is 21.1. The molecule has 5 rings (SSSR count). The van der Waals surface area contributed by atoms with Gasteiger partial charge in [0, 0.05) is 55.3 Å². The Labute approximate surface area is 281 Å². The molecule has 0 fully saturated rings. The third-order valence-corrected chi connectivity index (χ3v) is 8.31. The minimum absolute atomic E-state index is 0. The molecule has 3 heterocycles. The second-order valence-corrected chi connectivity index (χ2v) is 12.3. The van der Waals surface area contributed by atoms with Gasteiger partial charge in [-0.25, -0.2) is 4.98 Å². The van der Waals surface area contributed by atoms with E-state index in [9.17, 15) is 9.90 Å². The van der Waals surface area contributed by atoms with Crippen LogP contribution in [-0.4, -0.2) is 20.9 Å². The summed E-state index contributed by atoms with van der Waals surface area (Å²) in [5.74, 6) is 0.547. The monoisotopic (exact) mass is 782 g/mol. The van der Waals surface area contributed by atoms with Crippen LogP contribution in [0.2, 0.25) is 0 Å². The Morgan fingerprint density at radius 3 is 2.27 bits per heavy atom. The van der Waals surface area contributed by atoms with Gasteiger partial charge in [0.2, 0.25) is 5.71 Å². The molecule has 2 aromatic carbocycles. The van der Waals surface area contributed by atoms with Gasteiger partial charge in [-0.2, -0.15) is 0 Å². The third-order valence-electron chi connectivity index (χ3n) is 8.31. The van der Waals surface area contributed by atoms with E-state index in [-0.39, 0.29) is 48.9 Å². The molecule has 0 aliphatic heterocycles. The van der Waals surface area contributed by atoms with Crippen molar-refractivity contribution < 1.29 is 34.4 Å². The summed E-state index contributed by atoms with van der Waals surface area (Å²) in [5, 5.41) is 13.1. The van der Waals surface area contributed by atoms with Gasteiger partial charge in [0.1, 0.15) is 0 Å². The van der Waals surface area contributed by atoms with Crippen LogP contribution in [0.3, 0.4) is 0 Å². The largest absolute Gasteiger partial charge is 0.512 e. The van der Waals surface area contributed by atoms with E-state index in [0.29, 0.717) is 5.71 Å². The molecular formula is C39H45IrN2O3-. The van der Waals surface area contributed by atoms with E-state index in [1.165, 1.54) is 17.0 Å². The van der Waals surface area contributed by atoms with Crippen molar-refractivity contribution in [1.29, 1.82) is 0 Å². The van der Waals surface area contributed by atoms with E-state index < -0.39 is 0 Å². The van der Waals surface area contributed by atoms with E-state index in [2.05, 4.69) is 73.2 Å². The van der Waals surface area contributed by atoms with Crippen LogP contribution in [0.4, 0.5) is 0 Å². The molecule has 3 aromatic heterocycles. The minimum Gasteiger partial charge on any atom is -0.512 e. The molecule has 0 spiro atoms. The van der Waals surface area contributed by atoms with Gasteiger partial charge in [0.25, 0.3) is 0 Å². The maximum absolute atomic E-state index is 11.7. The van der Waals surface area contributed by atoms with Gasteiger partial charge in [-0.05, 0) is 60.9 Å². The number of aliphatic hydroxyl groups is 1. The van der Waals surface area contributed by atoms with Gasteiger partial charge < -0.3 is 9.52 Å². The fraction of sp³-hybridized carbons (Fsp3) is 0.359. The second kappa shape index (κ2) is 16.1. The van der Waals surface area contributed by atoms with E-state index in [1.807, 2.05) is 58.2 Å². The number of furan rings is 1. The normalized spacial score (nSPS) is 11.9. The number of rotatable bonds is 9. The van der Waals surface area contributed by atoms with Crippen molar-refractivity contribution in [3.05, 3.63) is 96.6 Å². The molecular weight excluding hydrogens is 737 g/mol. The number of carbonyl (C=O) groups is 1. The SMILES string of the molecule is CC(C)(C)c1cc(-c2cc(-c3ccc4ccoc4n3)ccn2)[c-]c2ccccc12.CCC(CC)C(=O)/C=C(\O)C(CC)CC.[Ir]. The van der Waals surface area contributed by atoms with Gasteiger partial charge in [-0.1, -0.05) is 83.7 Å². The first-order valence-corrected chi connectivity index (χ1v) is 15.8. The number of pyridine rings is 2. The maximum atomic E-state index is 11.7. The number of carbonyl (C=O) groups excluding carboxylic acids is 1. The van der Waals surface area contributed by atoms with Crippen LogP contribution >= 0.6 is 0 Å². The smallest absolute Gasteiger partial charge is 0.226 e. The van der Waals surface area contributed by atoms with Gasteiger partial charge in [0.05, 0.1) is 17.7 Å². The van der Waals surface area contributed by atoms with Crippen molar-refractivity contribution >= 4 is 27.7 Å². The van der Waals surface area contributed by atoms with Crippen molar-refractivity contribution in [1.82, 2.24) is 9.97 Å². The molecule has 45 heavy (non-hydrogen) atoms. The van der Waals surface area contributed by atoms with Gasteiger partial charge in [0.15, 0.2) is 5.78 Å². The van der Waals surface area contributed by atoms with Gasteiger partial charge in [-0.3, -0.25) is 9.78 Å². The van der Waals surface area contributed by atoms with Crippen LogP contribution in [0.15, 0.2) is 89.4 Å². The first kappa shape index (κ1) is 35.9. The Morgan fingerprint density at radius 2 is 1.60 bits per heavy atom. The molecule has 6 heteroatoms. The number of ketones is 1. The average Bonchev–Trinajstić information content (AvgIpc) is 3.50. The number of hydrogen-bond donors (Lipinski definition) is 1. The van der Waals surface area contributed by atoms with E-state index in [1.54, 1.807) is 6.26 Å². The molecule has 1 radical (unpaired) electrons. The van der Waals surface area contributed by atoms with Crippen LogP contribution in [0.1, 0.15) is 79.7 Å².